The zero-order valence-electron chi connectivity index (χ0n) is 17.9. The van der Waals surface area contributed by atoms with Gasteiger partial charge in [0, 0.05) is 0 Å². The van der Waals surface area contributed by atoms with E-state index >= 15 is 0 Å². The van der Waals surface area contributed by atoms with Crippen LogP contribution in [0.5, 0.6) is 0 Å². The van der Waals surface area contributed by atoms with E-state index in [9.17, 15) is 9.90 Å². The molecule has 0 saturated heterocycles. The molecule has 0 aliphatic rings. The van der Waals surface area contributed by atoms with Gasteiger partial charge in [0.25, 0.3) is 0 Å². The second-order valence-electron chi connectivity index (χ2n) is 9.85. The van der Waals surface area contributed by atoms with Crippen LogP contribution in [0.3, 0.4) is 0 Å². The molecule has 0 spiro atoms. The molecule has 0 radical (unpaired) electrons. The SMILES string of the molecule is C[C@H](NC(=O)O)[C@H](O[Si](C)(C)C(C)(C)C)C(O)O[Si](C)(C)C(C)(C)C. The third-order valence-corrected chi connectivity index (χ3v) is 14.5. The van der Waals surface area contributed by atoms with Gasteiger partial charge < -0.3 is 24.4 Å². The zero-order chi connectivity index (χ0) is 20.4. The van der Waals surface area contributed by atoms with Crippen molar-refractivity contribution in [3.05, 3.63) is 0 Å². The van der Waals surface area contributed by atoms with Crippen LogP contribution in [0.4, 0.5) is 4.79 Å². The Labute approximate surface area is 155 Å². The first-order chi connectivity index (χ1) is 10.8. The molecule has 3 N–H and O–H groups in total. The molecule has 0 aromatic carbocycles. The van der Waals surface area contributed by atoms with Gasteiger partial charge in [-0.25, -0.2) is 4.79 Å². The van der Waals surface area contributed by atoms with Crippen LogP contribution in [-0.2, 0) is 8.85 Å². The van der Waals surface area contributed by atoms with Gasteiger partial charge in [-0.1, -0.05) is 41.5 Å². The lowest BCUT2D eigenvalue weighted by molar-refractivity contribution is -0.114. The third-order valence-electron chi connectivity index (χ3n) is 5.58. The third kappa shape index (κ3) is 7.01. The number of hydrogen-bond donors (Lipinski definition) is 3. The topological polar surface area (TPSA) is 88.0 Å². The Balaban J connectivity index is 5.56. The lowest BCUT2D eigenvalue weighted by Gasteiger charge is -2.44. The van der Waals surface area contributed by atoms with Crippen LogP contribution < -0.4 is 5.32 Å². The molecule has 0 saturated carbocycles. The van der Waals surface area contributed by atoms with Crippen molar-refractivity contribution < 1.29 is 23.9 Å². The van der Waals surface area contributed by atoms with Gasteiger partial charge in [0.2, 0.25) is 0 Å². The summed E-state index contributed by atoms with van der Waals surface area (Å²) in [4.78, 5) is 11.1. The smallest absolute Gasteiger partial charge is 0.404 e. The quantitative estimate of drug-likeness (QED) is 0.441. The first kappa shape index (κ1) is 24.6. The van der Waals surface area contributed by atoms with Crippen molar-refractivity contribution in [2.75, 3.05) is 0 Å². The molecule has 0 aliphatic carbocycles. The molecule has 0 aliphatic heterocycles. The molecule has 0 aromatic rings. The summed E-state index contributed by atoms with van der Waals surface area (Å²) in [5.74, 6) is 0. The van der Waals surface area contributed by atoms with Crippen LogP contribution in [0.15, 0.2) is 0 Å². The van der Waals surface area contributed by atoms with E-state index in [2.05, 4.69) is 73.0 Å². The predicted octanol–water partition coefficient (Wildman–Crippen LogP) is 4.37. The first-order valence-electron chi connectivity index (χ1n) is 8.85. The summed E-state index contributed by atoms with van der Waals surface area (Å²) < 4.78 is 12.4. The molecule has 3 atom stereocenters. The van der Waals surface area contributed by atoms with Gasteiger partial charge in [-0.2, -0.15) is 0 Å². The fourth-order valence-corrected chi connectivity index (χ4v) is 4.19. The molecule has 0 aromatic heterocycles. The summed E-state index contributed by atoms with van der Waals surface area (Å²) in [5.41, 5.74) is 0. The normalized spacial score (nSPS) is 17.8. The largest absolute Gasteiger partial charge is 0.465 e. The van der Waals surface area contributed by atoms with Crippen molar-refractivity contribution in [2.24, 2.45) is 0 Å². The summed E-state index contributed by atoms with van der Waals surface area (Å²) in [7, 11) is -4.45. The Morgan fingerprint density at radius 2 is 1.28 bits per heavy atom. The number of nitrogens with one attached hydrogen (secondary N) is 1. The number of amides is 1. The van der Waals surface area contributed by atoms with E-state index in [1.54, 1.807) is 6.92 Å². The molecular weight excluding hydrogens is 354 g/mol. The summed E-state index contributed by atoms with van der Waals surface area (Å²) in [6.07, 6.45) is -3.08. The first-order valence-corrected chi connectivity index (χ1v) is 14.7. The minimum atomic E-state index is -2.23. The molecule has 8 heteroatoms. The van der Waals surface area contributed by atoms with Gasteiger partial charge >= 0.3 is 6.09 Å². The molecule has 6 nitrogen and oxygen atoms in total. The highest BCUT2D eigenvalue weighted by Crippen LogP contribution is 2.40. The van der Waals surface area contributed by atoms with Gasteiger partial charge in [0.1, 0.15) is 6.10 Å². The highest BCUT2D eigenvalue weighted by molar-refractivity contribution is 6.74. The summed E-state index contributed by atoms with van der Waals surface area (Å²) in [5, 5.41) is 22.1. The molecule has 0 bridgehead atoms. The van der Waals surface area contributed by atoms with Crippen molar-refractivity contribution >= 4 is 22.7 Å². The molecular formula is C17H39NO5Si2. The number of rotatable bonds is 7. The van der Waals surface area contributed by atoms with Crippen LogP contribution >= 0.6 is 0 Å². The Morgan fingerprint density at radius 1 is 0.920 bits per heavy atom. The molecule has 1 amide bonds. The van der Waals surface area contributed by atoms with E-state index in [4.69, 9.17) is 14.0 Å². The maximum Gasteiger partial charge on any atom is 0.404 e. The number of aliphatic hydroxyl groups is 1. The molecule has 1 unspecified atom stereocenters. The van der Waals surface area contributed by atoms with Crippen LogP contribution in [0.25, 0.3) is 0 Å². The number of aliphatic hydroxyl groups excluding tert-OH is 1. The standard InChI is InChI=1S/C17H39NO5Si2/c1-12(18-15(20)21)13(22-24(8,9)16(2,3)4)14(19)23-25(10,11)17(5,6)7/h12-14,18-19H,1-11H3,(H,20,21)/t12-,13-,14?/m0/s1. The van der Waals surface area contributed by atoms with Crippen LogP contribution in [0.1, 0.15) is 48.5 Å². The van der Waals surface area contributed by atoms with Crippen LogP contribution in [-0.4, -0.2) is 51.4 Å². The average Bonchev–Trinajstić information content (AvgIpc) is 2.31. The molecule has 0 heterocycles. The van der Waals surface area contributed by atoms with E-state index in [1.165, 1.54) is 0 Å². The minimum Gasteiger partial charge on any atom is -0.465 e. The highest BCUT2D eigenvalue weighted by Gasteiger charge is 2.45. The maximum absolute atomic E-state index is 11.1. The predicted molar refractivity (Wildman–Crippen MR) is 107 cm³/mol. The second kappa shape index (κ2) is 8.08. The van der Waals surface area contributed by atoms with Crippen molar-refractivity contribution in [3.63, 3.8) is 0 Å². The van der Waals surface area contributed by atoms with E-state index in [-0.39, 0.29) is 10.1 Å². The molecule has 0 rings (SSSR count). The van der Waals surface area contributed by atoms with Gasteiger partial charge in [-0.3, -0.25) is 0 Å². The maximum atomic E-state index is 11.1. The minimum absolute atomic E-state index is 0.0646. The fraction of sp³-hybridized carbons (Fsp3) is 0.941. The Hall–Kier alpha value is -0.416. The molecule has 25 heavy (non-hydrogen) atoms. The van der Waals surface area contributed by atoms with Gasteiger partial charge in [0.05, 0.1) is 6.04 Å². The van der Waals surface area contributed by atoms with Crippen LogP contribution in [0.2, 0.25) is 36.3 Å². The average molecular weight is 394 g/mol. The molecule has 0 fully saturated rings. The van der Waals surface area contributed by atoms with E-state index in [0.717, 1.165) is 0 Å². The zero-order valence-corrected chi connectivity index (χ0v) is 19.9. The fourth-order valence-electron chi connectivity index (χ4n) is 1.75. The lowest BCUT2D eigenvalue weighted by Crippen LogP contribution is -2.57. The summed E-state index contributed by atoms with van der Waals surface area (Å²) in [6, 6.07) is -0.591. The van der Waals surface area contributed by atoms with Crippen LogP contribution in [0, 0.1) is 0 Å². The second-order valence-corrected chi connectivity index (χ2v) is 19.4. The number of carboxylic acid groups (broad SMARTS) is 1. The van der Waals surface area contributed by atoms with Gasteiger partial charge in [0.15, 0.2) is 22.9 Å². The van der Waals surface area contributed by atoms with Crippen molar-refractivity contribution in [3.8, 4) is 0 Å². The van der Waals surface area contributed by atoms with Gasteiger partial charge in [-0.05, 0) is 43.2 Å². The monoisotopic (exact) mass is 393 g/mol. The van der Waals surface area contributed by atoms with Crippen molar-refractivity contribution in [2.45, 2.75) is 103 Å². The Morgan fingerprint density at radius 3 is 1.60 bits per heavy atom. The highest BCUT2D eigenvalue weighted by atomic mass is 28.4. The summed E-state index contributed by atoms with van der Waals surface area (Å²) in [6.45, 7) is 22.5. The Bertz CT molecular complexity index is 455. The molecule has 150 valence electrons. The van der Waals surface area contributed by atoms with Crippen molar-refractivity contribution in [1.29, 1.82) is 0 Å². The van der Waals surface area contributed by atoms with E-state index < -0.39 is 41.2 Å². The Kier molecular flexibility index (Phi) is 7.95. The van der Waals surface area contributed by atoms with E-state index in [1.807, 2.05) is 0 Å². The lowest BCUT2D eigenvalue weighted by atomic mass is 10.2. The summed E-state index contributed by atoms with van der Waals surface area (Å²) >= 11 is 0. The number of hydrogen-bond acceptors (Lipinski definition) is 4. The van der Waals surface area contributed by atoms with Gasteiger partial charge in [-0.15, -0.1) is 0 Å². The van der Waals surface area contributed by atoms with E-state index in [0.29, 0.717) is 0 Å². The number of carbonyl (C=O) groups is 1. The van der Waals surface area contributed by atoms with Crippen molar-refractivity contribution in [1.82, 2.24) is 5.32 Å².